The van der Waals surface area contributed by atoms with Crippen LogP contribution in [0.2, 0.25) is 5.02 Å². The summed E-state index contributed by atoms with van der Waals surface area (Å²) < 4.78 is 7.92. The Kier molecular flexibility index (Phi) is 4.77. The highest BCUT2D eigenvalue weighted by Crippen LogP contribution is 2.28. The molecule has 0 amide bonds. The summed E-state index contributed by atoms with van der Waals surface area (Å²) in [6.07, 6.45) is 1.99. The van der Waals surface area contributed by atoms with Gasteiger partial charge in [-0.3, -0.25) is 0 Å². The van der Waals surface area contributed by atoms with Crippen LogP contribution in [0.15, 0.2) is 66.7 Å². The first-order valence-corrected chi connectivity index (χ1v) is 10.1. The second-order valence-electron chi connectivity index (χ2n) is 7.09. The summed E-state index contributed by atoms with van der Waals surface area (Å²) in [5.41, 5.74) is 1.74. The van der Waals surface area contributed by atoms with Crippen molar-refractivity contribution < 1.29 is 4.74 Å². The molecule has 4 aromatic rings. The van der Waals surface area contributed by atoms with Crippen LogP contribution in [0.25, 0.3) is 17.0 Å². The molecule has 0 radical (unpaired) electrons. The van der Waals surface area contributed by atoms with Crippen molar-refractivity contribution in [3.63, 3.8) is 0 Å². The van der Waals surface area contributed by atoms with E-state index in [4.69, 9.17) is 21.4 Å². The fourth-order valence-corrected chi connectivity index (χ4v) is 3.82. The van der Waals surface area contributed by atoms with E-state index in [-0.39, 0.29) is 6.10 Å². The Bertz CT molecular complexity index is 1120. The van der Waals surface area contributed by atoms with E-state index in [0.29, 0.717) is 5.02 Å². The third kappa shape index (κ3) is 3.63. The molecule has 0 aliphatic carbocycles. The molecule has 146 valence electrons. The van der Waals surface area contributed by atoms with Crippen molar-refractivity contribution in [2.45, 2.75) is 18.9 Å². The first-order chi connectivity index (χ1) is 14.3. The van der Waals surface area contributed by atoms with Crippen LogP contribution >= 0.6 is 11.6 Å². The van der Waals surface area contributed by atoms with Crippen LogP contribution in [0.4, 0.5) is 5.82 Å². The summed E-state index contributed by atoms with van der Waals surface area (Å²) in [4.78, 5) is 2.28. The van der Waals surface area contributed by atoms with Gasteiger partial charge >= 0.3 is 0 Å². The molecule has 1 aliphatic heterocycles. The summed E-state index contributed by atoms with van der Waals surface area (Å²) in [6, 6.07) is 21.6. The Morgan fingerprint density at radius 3 is 2.41 bits per heavy atom. The molecule has 5 rings (SSSR count). The lowest BCUT2D eigenvalue weighted by Crippen LogP contribution is -2.38. The first kappa shape index (κ1) is 17.9. The lowest BCUT2D eigenvalue weighted by molar-refractivity contribution is 0.171. The van der Waals surface area contributed by atoms with Gasteiger partial charge < -0.3 is 9.64 Å². The summed E-state index contributed by atoms with van der Waals surface area (Å²) >= 11 is 6.22. The number of fused-ring (bicyclic) bond motifs is 1. The van der Waals surface area contributed by atoms with Gasteiger partial charge in [0.05, 0.1) is 5.02 Å². The average Bonchev–Trinajstić information content (AvgIpc) is 3.20. The standard InChI is InChI=1S/C22H20ClN5O/c23-18-8-4-5-9-19(18)29-17-12-14-27(15-13-17)21-11-10-20-24-25-22(28(20)26-21)16-6-2-1-3-7-16/h1-11,17H,12-15H2. The molecule has 0 saturated carbocycles. The van der Waals surface area contributed by atoms with Crippen molar-refractivity contribution >= 4 is 23.1 Å². The Labute approximate surface area is 173 Å². The minimum absolute atomic E-state index is 0.157. The number of anilines is 1. The molecular weight excluding hydrogens is 386 g/mol. The van der Waals surface area contributed by atoms with Gasteiger partial charge in [-0.05, 0) is 24.3 Å². The van der Waals surface area contributed by atoms with Crippen LogP contribution in [-0.4, -0.2) is 39.0 Å². The second-order valence-corrected chi connectivity index (χ2v) is 7.49. The normalized spacial score (nSPS) is 15.0. The Morgan fingerprint density at radius 1 is 0.862 bits per heavy atom. The van der Waals surface area contributed by atoms with Gasteiger partial charge in [0.1, 0.15) is 17.7 Å². The zero-order valence-electron chi connectivity index (χ0n) is 15.8. The smallest absolute Gasteiger partial charge is 0.185 e. The van der Waals surface area contributed by atoms with Crippen molar-refractivity contribution in [3.8, 4) is 17.1 Å². The van der Waals surface area contributed by atoms with E-state index >= 15 is 0 Å². The maximum absolute atomic E-state index is 6.22. The zero-order chi connectivity index (χ0) is 19.6. The molecule has 1 fully saturated rings. The topological polar surface area (TPSA) is 55.5 Å². The molecule has 0 unspecified atom stereocenters. The molecule has 29 heavy (non-hydrogen) atoms. The zero-order valence-corrected chi connectivity index (χ0v) is 16.5. The summed E-state index contributed by atoms with van der Waals surface area (Å²) in [5, 5.41) is 14.0. The van der Waals surface area contributed by atoms with Crippen LogP contribution in [0, 0.1) is 0 Å². The molecule has 2 aromatic carbocycles. The van der Waals surface area contributed by atoms with E-state index in [2.05, 4.69) is 15.1 Å². The van der Waals surface area contributed by atoms with Gasteiger partial charge in [0, 0.05) is 31.5 Å². The number of aromatic nitrogens is 4. The van der Waals surface area contributed by atoms with Crippen LogP contribution in [0.3, 0.4) is 0 Å². The summed E-state index contributed by atoms with van der Waals surface area (Å²) in [7, 11) is 0. The number of hydrogen-bond donors (Lipinski definition) is 0. The van der Waals surface area contributed by atoms with Crippen LogP contribution in [0.5, 0.6) is 5.75 Å². The predicted molar refractivity (Wildman–Crippen MR) is 114 cm³/mol. The number of para-hydroxylation sites is 1. The van der Waals surface area contributed by atoms with Gasteiger partial charge in [0.25, 0.3) is 0 Å². The molecule has 0 spiro atoms. The van der Waals surface area contributed by atoms with Crippen molar-refractivity contribution in [1.82, 2.24) is 19.8 Å². The quantitative estimate of drug-likeness (QED) is 0.500. The van der Waals surface area contributed by atoms with E-state index in [0.717, 1.165) is 54.5 Å². The van der Waals surface area contributed by atoms with Crippen LogP contribution < -0.4 is 9.64 Å². The molecule has 7 heteroatoms. The van der Waals surface area contributed by atoms with E-state index < -0.39 is 0 Å². The minimum atomic E-state index is 0.157. The Morgan fingerprint density at radius 2 is 1.62 bits per heavy atom. The number of piperidine rings is 1. The predicted octanol–water partition coefficient (Wildman–Crippen LogP) is 4.49. The molecule has 0 N–H and O–H groups in total. The monoisotopic (exact) mass is 405 g/mol. The number of halogens is 1. The van der Waals surface area contributed by atoms with Crippen LogP contribution in [0.1, 0.15) is 12.8 Å². The third-order valence-corrected chi connectivity index (χ3v) is 5.49. The molecule has 1 aliphatic rings. The molecule has 1 saturated heterocycles. The summed E-state index contributed by atoms with van der Waals surface area (Å²) in [6.45, 7) is 1.74. The number of rotatable bonds is 4. The van der Waals surface area contributed by atoms with Gasteiger partial charge in [-0.25, -0.2) is 0 Å². The molecule has 3 heterocycles. The maximum Gasteiger partial charge on any atom is 0.185 e. The van der Waals surface area contributed by atoms with Crippen molar-refractivity contribution in [3.05, 3.63) is 71.8 Å². The highest BCUT2D eigenvalue weighted by molar-refractivity contribution is 6.32. The number of hydrogen-bond acceptors (Lipinski definition) is 5. The van der Waals surface area contributed by atoms with Gasteiger partial charge in [0.15, 0.2) is 11.5 Å². The highest BCUT2D eigenvalue weighted by atomic mass is 35.5. The molecule has 0 atom stereocenters. The van der Waals surface area contributed by atoms with E-state index in [1.54, 1.807) is 0 Å². The average molecular weight is 406 g/mol. The van der Waals surface area contributed by atoms with Gasteiger partial charge in [-0.1, -0.05) is 54.1 Å². The second kappa shape index (κ2) is 7.72. The maximum atomic E-state index is 6.22. The fourth-order valence-electron chi connectivity index (χ4n) is 3.64. The van der Waals surface area contributed by atoms with Crippen molar-refractivity contribution in [2.24, 2.45) is 0 Å². The largest absolute Gasteiger partial charge is 0.489 e. The lowest BCUT2D eigenvalue weighted by atomic mass is 10.1. The Hall–Kier alpha value is -3.12. The van der Waals surface area contributed by atoms with Gasteiger partial charge in [-0.2, -0.15) is 4.52 Å². The molecular formula is C22H20ClN5O. The fraction of sp³-hybridized carbons (Fsp3) is 0.227. The number of ether oxygens (including phenoxy) is 1. The highest BCUT2D eigenvalue weighted by Gasteiger charge is 2.23. The van der Waals surface area contributed by atoms with E-state index in [1.807, 2.05) is 71.2 Å². The lowest BCUT2D eigenvalue weighted by Gasteiger charge is -2.33. The van der Waals surface area contributed by atoms with Crippen molar-refractivity contribution in [2.75, 3.05) is 18.0 Å². The van der Waals surface area contributed by atoms with E-state index in [9.17, 15) is 0 Å². The number of benzene rings is 2. The van der Waals surface area contributed by atoms with Crippen LogP contribution in [-0.2, 0) is 0 Å². The molecule has 6 nitrogen and oxygen atoms in total. The first-order valence-electron chi connectivity index (χ1n) is 9.72. The van der Waals surface area contributed by atoms with Gasteiger partial charge in [-0.15, -0.1) is 15.3 Å². The molecule has 0 bridgehead atoms. The SMILES string of the molecule is Clc1ccccc1OC1CCN(c2ccc3nnc(-c4ccccc4)n3n2)CC1. The third-order valence-electron chi connectivity index (χ3n) is 5.18. The summed E-state index contributed by atoms with van der Waals surface area (Å²) in [5.74, 6) is 2.43. The molecule has 2 aromatic heterocycles. The van der Waals surface area contributed by atoms with E-state index in [1.165, 1.54) is 0 Å². The minimum Gasteiger partial charge on any atom is -0.489 e. The van der Waals surface area contributed by atoms with Gasteiger partial charge in [0.2, 0.25) is 0 Å². The van der Waals surface area contributed by atoms with Crippen molar-refractivity contribution in [1.29, 1.82) is 0 Å². The Balaban J connectivity index is 1.32. The number of nitrogens with zero attached hydrogens (tertiary/aromatic N) is 5.